The first-order chi connectivity index (χ1) is 9.93. The van der Waals surface area contributed by atoms with Gasteiger partial charge in [-0.3, -0.25) is 4.79 Å². The Balaban J connectivity index is 1.92. The summed E-state index contributed by atoms with van der Waals surface area (Å²) in [7, 11) is 0. The van der Waals surface area contributed by atoms with E-state index in [-0.39, 0.29) is 12.2 Å². The molecule has 1 aliphatic carbocycles. The summed E-state index contributed by atoms with van der Waals surface area (Å²) in [6, 6.07) is 11.6. The van der Waals surface area contributed by atoms with Crippen molar-refractivity contribution in [2.24, 2.45) is 0 Å². The molecule has 0 aliphatic heterocycles. The molecule has 3 rings (SSSR count). The first-order valence-electron chi connectivity index (χ1n) is 6.75. The van der Waals surface area contributed by atoms with E-state index in [0.29, 0.717) is 12.2 Å². The molecular formula is C17H15BrO3. The van der Waals surface area contributed by atoms with Gasteiger partial charge in [0.25, 0.3) is 0 Å². The summed E-state index contributed by atoms with van der Waals surface area (Å²) in [4.78, 5) is 11.7. The van der Waals surface area contributed by atoms with E-state index in [1.54, 1.807) is 13.0 Å². The molecule has 1 aromatic heterocycles. The highest BCUT2D eigenvalue weighted by molar-refractivity contribution is 9.10. The van der Waals surface area contributed by atoms with E-state index in [1.165, 1.54) is 0 Å². The highest BCUT2D eigenvalue weighted by atomic mass is 79.9. The number of allylic oxidation sites excluding steroid dienone is 1. The number of carbonyl (C=O) groups excluding carboxylic acids is 1. The molecule has 0 spiro atoms. The second-order valence-electron chi connectivity index (χ2n) is 5.66. The Morgan fingerprint density at radius 1 is 1.10 bits per heavy atom. The standard InChI is InChI=1S/C17H15BrO3/c1-17(20)9-12(8-14(19)10-17)16-7-6-15(21-16)11-2-4-13(18)5-3-11/h2-8,20H,9-10H2,1H3. The Hall–Kier alpha value is -1.65. The molecule has 0 saturated carbocycles. The van der Waals surface area contributed by atoms with Gasteiger partial charge in [-0.1, -0.05) is 28.1 Å². The third-order valence-electron chi connectivity index (χ3n) is 3.51. The molecular weight excluding hydrogens is 332 g/mol. The third-order valence-corrected chi connectivity index (χ3v) is 4.04. The zero-order chi connectivity index (χ0) is 15.0. The summed E-state index contributed by atoms with van der Waals surface area (Å²) in [5, 5.41) is 10.1. The zero-order valence-electron chi connectivity index (χ0n) is 11.6. The molecule has 0 amide bonds. The average molecular weight is 347 g/mol. The fourth-order valence-electron chi connectivity index (χ4n) is 2.58. The van der Waals surface area contributed by atoms with Crippen LogP contribution in [0.5, 0.6) is 0 Å². The van der Waals surface area contributed by atoms with E-state index >= 15 is 0 Å². The Kier molecular flexibility index (Phi) is 3.59. The van der Waals surface area contributed by atoms with Gasteiger partial charge in [0.1, 0.15) is 11.5 Å². The summed E-state index contributed by atoms with van der Waals surface area (Å²) in [5.74, 6) is 1.32. The van der Waals surface area contributed by atoms with Gasteiger partial charge in [-0.15, -0.1) is 0 Å². The van der Waals surface area contributed by atoms with Gasteiger partial charge in [0.15, 0.2) is 5.78 Å². The Bertz CT molecular complexity index is 708. The van der Waals surface area contributed by atoms with Crippen molar-refractivity contribution in [3.8, 4) is 11.3 Å². The van der Waals surface area contributed by atoms with Crippen molar-refractivity contribution < 1.29 is 14.3 Å². The molecule has 0 radical (unpaired) electrons. The smallest absolute Gasteiger partial charge is 0.158 e. The number of rotatable bonds is 2. The second-order valence-corrected chi connectivity index (χ2v) is 6.57. The molecule has 1 N–H and O–H groups in total. The number of halogens is 1. The van der Waals surface area contributed by atoms with Crippen molar-refractivity contribution >= 4 is 27.3 Å². The van der Waals surface area contributed by atoms with Gasteiger partial charge in [0.05, 0.1) is 5.60 Å². The van der Waals surface area contributed by atoms with Crippen LogP contribution in [0.2, 0.25) is 0 Å². The first-order valence-corrected chi connectivity index (χ1v) is 7.54. The van der Waals surface area contributed by atoms with Crippen molar-refractivity contribution in [3.63, 3.8) is 0 Å². The summed E-state index contributed by atoms with van der Waals surface area (Å²) in [6.07, 6.45) is 2.16. The Morgan fingerprint density at radius 2 is 1.76 bits per heavy atom. The molecule has 21 heavy (non-hydrogen) atoms. The molecule has 108 valence electrons. The van der Waals surface area contributed by atoms with Gasteiger partial charge in [0.2, 0.25) is 0 Å². The summed E-state index contributed by atoms with van der Waals surface area (Å²) in [5.41, 5.74) is 0.727. The highest BCUT2D eigenvalue weighted by Gasteiger charge is 2.31. The van der Waals surface area contributed by atoms with E-state index < -0.39 is 5.60 Å². The molecule has 1 aliphatic rings. The molecule has 1 heterocycles. The van der Waals surface area contributed by atoms with Crippen LogP contribution >= 0.6 is 15.9 Å². The summed E-state index contributed by atoms with van der Waals surface area (Å²) >= 11 is 3.40. The monoisotopic (exact) mass is 346 g/mol. The maximum atomic E-state index is 11.7. The van der Waals surface area contributed by atoms with Crippen LogP contribution in [0.3, 0.4) is 0 Å². The minimum absolute atomic E-state index is 0.0668. The molecule has 0 saturated heterocycles. The predicted octanol–water partition coefficient (Wildman–Crippen LogP) is 4.21. The Morgan fingerprint density at radius 3 is 2.43 bits per heavy atom. The molecule has 3 nitrogen and oxygen atoms in total. The van der Waals surface area contributed by atoms with Gasteiger partial charge < -0.3 is 9.52 Å². The summed E-state index contributed by atoms with van der Waals surface area (Å²) < 4.78 is 6.85. The number of carbonyl (C=O) groups is 1. The molecule has 1 unspecified atom stereocenters. The van der Waals surface area contributed by atoms with E-state index in [9.17, 15) is 9.90 Å². The van der Waals surface area contributed by atoms with Gasteiger partial charge in [-0.25, -0.2) is 0 Å². The molecule has 0 bridgehead atoms. The number of ketones is 1. The SMILES string of the molecule is CC1(O)CC(=O)C=C(c2ccc(-c3ccc(Br)cc3)o2)C1. The average Bonchev–Trinajstić information content (AvgIpc) is 2.87. The largest absolute Gasteiger partial charge is 0.456 e. The van der Waals surface area contributed by atoms with E-state index in [4.69, 9.17) is 4.42 Å². The van der Waals surface area contributed by atoms with Crippen molar-refractivity contribution in [2.75, 3.05) is 0 Å². The number of benzene rings is 1. The van der Waals surface area contributed by atoms with E-state index in [2.05, 4.69) is 15.9 Å². The minimum atomic E-state index is -0.994. The van der Waals surface area contributed by atoms with Crippen LogP contribution in [0, 0.1) is 0 Å². The molecule has 1 aromatic carbocycles. The summed E-state index contributed by atoms with van der Waals surface area (Å²) in [6.45, 7) is 1.68. The van der Waals surface area contributed by atoms with Gasteiger partial charge in [0, 0.05) is 28.5 Å². The van der Waals surface area contributed by atoms with E-state index in [0.717, 1.165) is 21.4 Å². The lowest BCUT2D eigenvalue weighted by atomic mass is 9.84. The lowest BCUT2D eigenvalue weighted by Crippen LogP contribution is -2.30. The maximum Gasteiger partial charge on any atom is 0.158 e. The molecule has 2 aromatic rings. The van der Waals surface area contributed by atoms with Gasteiger partial charge in [-0.2, -0.15) is 0 Å². The minimum Gasteiger partial charge on any atom is -0.456 e. The van der Waals surface area contributed by atoms with Crippen molar-refractivity contribution in [3.05, 3.63) is 52.7 Å². The quantitative estimate of drug-likeness (QED) is 0.886. The predicted molar refractivity (Wildman–Crippen MR) is 84.7 cm³/mol. The molecule has 4 heteroatoms. The number of aliphatic hydroxyl groups is 1. The van der Waals surface area contributed by atoms with Crippen LogP contribution in [-0.4, -0.2) is 16.5 Å². The van der Waals surface area contributed by atoms with Crippen LogP contribution in [0.25, 0.3) is 16.9 Å². The molecule has 1 atom stereocenters. The lowest BCUT2D eigenvalue weighted by molar-refractivity contribution is -0.119. The van der Waals surface area contributed by atoms with Crippen LogP contribution < -0.4 is 0 Å². The zero-order valence-corrected chi connectivity index (χ0v) is 13.2. The van der Waals surface area contributed by atoms with Crippen molar-refractivity contribution in [1.29, 1.82) is 0 Å². The van der Waals surface area contributed by atoms with Crippen LogP contribution in [0.15, 0.2) is 51.4 Å². The van der Waals surface area contributed by atoms with Gasteiger partial charge in [-0.05, 0) is 37.3 Å². The fourth-order valence-corrected chi connectivity index (χ4v) is 2.85. The highest BCUT2D eigenvalue weighted by Crippen LogP contribution is 2.34. The van der Waals surface area contributed by atoms with Crippen molar-refractivity contribution in [2.45, 2.75) is 25.4 Å². The number of hydrogen-bond acceptors (Lipinski definition) is 3. The topological polar surface area (TPSA) is 50.4 Å². The Labute approximate surface area is 131 Å². The third kappa shape index (κ3) is 3.17. The van der Waals surface area contributed by atoms with Crippen LogP contribution in [0.1, 0.15) is 25.5 Å². The molecule has 0 fully saturated rings. The van der Waals surface area contributed by atoms with Crippen molar-refractivity contribution in [1.82, 2.24) is 0 Å². The normalized spacial score (nSPS) is 22.2. The first kappa shape index (κ1) is 14.3. The lowest BCUT2D eigenvalue weighted by Gasteiger charge is -2.26. The fraction of sp³-hybridized carbons (Fsp3) is 0.235. The van der Waals surface area contributed by atoms with Crippen LogP contribution in [0.4, 0.5) is 0 Å². The number of furan rings is 1. The maximum absolute atomic E-state index is 11.7. The van der Waals surface area contributed by atoms with Gasteiger partial charge >= 0.3 is 0 Å². The second kappa shape index (κ2) is 5.28. The number of hydrogen-bond donors (Lipinski definition) is 1. The van der Waals surface area contributed by atoms with E-state index in [1.807, 2.05) is 36.4 Å². The van der Waals surface area contributed by atoms with Crippen LogP contribution in [-0.2, 0) is 4.79 Å².